The summed E-state index contributed by atoms with van der Waals surface area (Å²) in [6.45, 7) is 5.06. The maximum Gasteiger partial charge on any atom is 0.242 e. The lowest BCUT2D eigenvalue weighted by molar-refractivity contribution is -0.142. The molecule has 0 spiro atoms. The fraction of sp³-hybridized carbons (Fsp3) is 0.478. The molecule has 29 heavy (non-hydrogen) atoms. The second-order valence-corrected chi connectivity index (χ2v) is 8.43. The molecule has 1 fully saturated rings. The van der Waals surface area contributed by atoms with Crippen molar-refractivity contribution in [3.8, 4) is 0 Å². The van der Waals surface area contributed by atoms with Crippen molar-refractivity contribution in [2.75, 3.05) is 26.3 Å². The molecule has 1 heterocycles. The minimum atomic E-state index is -0.00679. The van der Waals surface area contributed by atoms with Crippen LogP contribution in [0.15, 0.2) is 47.8 Å². The fourth-order valence-electron chi connectivity index (χ4n) is 3.25. The largest absolute Gasteiger partial charge is 0.382 e. The number of benzene rings is 1. The highest BCUT2D eigenvalue weighted by Gasteiger charge is 2.34. The normalized spacial score (nSPS) is 13.3. The summed E-state index contributed by atoms with van der Waals surface area (Å²) in [5, 5.41) is 2.02. The maximum absolute atomic E-state index is 13.2. The van der Waals surface area contributed by atoms with Gasteiger partial charge >= 0.3 is 0 Å². The molecule has 0 atom stereocenters. The summed E-state index contributed by atoms with van der Waals surface area (Å²) in [5.41, 5.74) is 1.09. The Balaban J connectivity index is 1.66. The molecule has 1 aliphatic rings. The van der Waals surface area contributed by atoms with E-state index in [9.17, 15) is 9.59 Å². The summed E-state index contributed by atoms with van der Waals surface area (Å²) >= 11 is 1.65. The van der Waals surface area contributed by atoms with Gasteiger partial charge in [-0.25, -0.2) is 0 Å². The first-order chi connectivity index (χ1) is 14.2. The third-order valence-electron chi connectivity index (χ3n) is 4.98. The first kappa shape index (κ1) is 21.5. The van der Waals surface area contributed by atoms with Gasteiger partial charge in [-0.1, -0.05) is 36.4 Å². The summed E-state index contributed by atoms with van der Waals surface area (Å²) in [7, 11) is 0. The summed E-state index contributed by atoms with van der Waals surface area (Å²) < 4.78 is 5.41. The molecule has 0 radical (unpaired) electrons. The van der Waals surface area contributed by atoms with Gasteiger partial charge in [0.1, 0.15) is 0 Å². The topological polar surface area (TPSA) is 49.9 Å². The Morgan fingerprint density at radius 3 is 2.52 bits per heavy atom. The quantitative estimate of drug-likeness (QED) is 0.494. The van der Waals surface area contributed by atoms with Crippen molar-refractivity contribution < 1.29 is 14.3 Å². The number of carbonyl (C=O) groups is 2. The molecule has 1 aliphatic carbocycles. The third-order valence-corrected chi connectivity index (χ3v) is 5.84. The van der Waals surface area contributed by atoms with E-state index in [2.05, 4.69) is 0 Å². The van der Waals surface area contributed by atoms with Gasteiger partial charge < -0.3 is 14.5 Å². The lowest BCUT2D eigenvalue weighted by Crippen LogP contribution is -2.43. The van der Waals surface area contributed by atoms with Gasteiger partial charge in [0.15, 0.2) is 0 Å². The van der Waals surface area contributed by atoms with Crippen LogP contribution in [0.4, 0.5) is 0 Å². The number of nitrogens with zero attached hydrogens (tertiary/aromatic N) is 2. The van der Waals surface area contributed by atoms with Crippen molar-refractivity contribution in [1.29, 1.82) is 0 Å². The predicted octanol–water partition coefficient (Wildman–Crippen LogP) is 3.94. The van der Waals surface area contributed by atoms with Crippen LogP contribution in [0.1, 0.15) is 36.6 Å². The number of hydrogen-bond acceptors (Lipinski definition) is 4. The van der Waals surface area contributed by atoms with Gasteiger partial charge in [-0.05, 0) is 43.2 Å². The van der Waals surface area contributed by atoms with Gasteiger partial charge in [-0.15, -0.1) is 11.3 Å². The highest BCUT2D eigenvalue weighted by Crippen LogP contribution is 2.31. The van der Waals surface area contributed by atoms with Crippen LogP contribution in [0.5, 0.6) is 0 Å². The summed E-state index contributed by atoms with van der Waals surface area (Å²) in [4.78, 5) is 30.7. The van der Waals surface area contributed by atoms with Gasteiger partial charge in [-0.3, -0.25) is 9.59 Å². The highest BCUT2D eigenvalue weighted by atomic mass is 32.1. The van der Waals surface area contributed by atoms with Gasteiger partial charge in [0.25, 0.3) is 0 Å². The second kappa shape index (κ2) is 11.1. The predicted molar refractivity (Wildman–Crippen MR) is 115 cm³/mol. The van der Waals surface area contributed by atoms with Crippen LogP contribution in [0.2, 0.25) is 0 Å². The Bertz CT molecular complexity index is 760. The molecule has 0 bridgehead atoms. The van der Waals surface area contributed by atoms with Gasteiger partial charge in [-0.2, -0.15) is 0 Å². The van der Waals surface area contributed by atoms with Gasteiger partial charge in [0.05, 0.1) is 13.1 Å². The standard InChI is InChI=1S/C23H30N2O3S/c1-2-28-14-7-13-24(23(27)20-11-12-20)18-22(26)25(17-21-10-6-15-29-21)16-19-8-4-3-5-9-19/h3-6,8-10,15,20H,2,7,11-14,16-18H2,1H3. The minimum Gasteiger partial charge on any atom is -0.382 e. The van der Waals surface area contributed by atoms with Crippen LogP contribution in [0.3, 0.4) is 0 Å². The Morgan fingerprint density at radius 2 is 1.86 bits per heavy atom. The number of rotatable bonds is 12. The minimum absolute atomic E-state index is 0.00679. The van der Waals surface area contributed by atoms with Crippen LogP contribution >= 0.6 is 11.3 Å². The van der Waals surface area contributed by atoms with Crippen LogP contribution in [-0.4, -0.2) is 47.9 Å². The van der Waals surface area contributed by atoms with E-state index in [1.54, 1.807) is 16.2 Å². The molecular weight excluding hydrogens is 384 g/mol. The average molecular weight is 415 g/mol. The molecule has 2 amide bonds. The number of thiophene rings is 1. The van der Waals surface area contributed by atoms with Crippen molar-refractivity contribution in [1.82, 2.24) is 9.80 Å². The first-order valence-corrected chi connectivity index (χ1v) is 11.3. The molecule has 0 aliphatic heterocycles. The van der Waals surface area contributed by atoms with Crippen molar-refractivity contribution in [3.05, 3.63) is 58.3 Å². The molecule has 156 valence electrons. The monoisotopic (exact) mass is 414 g/mol. The molecule has 1 aromatic carbocycles. The Kier molecular flexibility index (Phi) is 8.25. The summed E-state index contributed by atoms with van der Waals surface area (Å²) in [5.74, 6) is 0.216. The molecule has 0 N–H and O–H groups in total. The van der Waals surface area contributed by atoms with Crippen LogP contribution in [0.25, 0.3) is 0 Å². The van der Waals surface area contributed by atoms with E-state index in [0.717, 1.165) is 29.7 Å². The molecule has 2 aromatic rings. The SMILES string of the molecule is CCOCCCN(CC(=O)N(Cc1ccccc1)Cc1cccs1)C(=O)C1CC1. The van der Waals surface area contributed by atoms with Crippen LogP contribution < -0.4 is 0 Å². The van der Waals surface area contributed by atoms with Crippen LogP contribution in [-0.2, 0) is 27.4 Å². The molecule has 6 heteroatoms. The zero-order valence-electron chi connectivity index (χ0n) is 17.1. The van der Waals surface area contributed by atoms with Crippen molar-refractivity contribution >= 4 is 23.2 Å². The molecule has 0 saturated heterocycles. The zero-order valence-corrected chi connectivity index (χ0v) is 17.9. The van der Waals surface area contributed by atoms with Crippen LogP contribution in [0, 0.1) is 5.92 Å². The van der Waals surface area contributed by atoms with E-state index in [1.165, 1.54) is 0 Å². The average Bonchev–Trinajstić information content (AvgIpc) is 3.46. The summed E-state index contributed by atoms with van der Waals surface area (Å²) in [6.07, 6.45) is 2.64. The number of amides is 2. The molecule has 1 saturated carbocycles. The van der Waals surface area contributed by atoms with E-state index in [-0.39, 0.29) is 24.3 Å². The van der Waals surface area contributed by atoms with E-state index in [0.29, 0.717) is 32.8 Å². The second-order valence-electron chi connectivity index (χ2n) is 7.40. The van der Waals surface area contributed by atoms with E-state index < -0.39 is 0 Å². The van der Waals surface area contributed by atoms with Gasteiger partial charge in [0, 0.05) is 37.1 Å². The number of hydrogen-bond donors (Lipinski definition) is 0. The molecule has 1 aromatic heterocycles. The Labute approximate surface area is 177 Å². The van der Waals surface area contributed by atoms with Crippen molar-refractivity contribution in [3.63, 3.8) is 0 Å². The highest BCUT2D eigenvalue weighted by molar-refractivity contribution is 7.09. The lowest BCUT2D eigenvalue weighted by Gasteiger charge is -2.28. The summed E-state index contributed by atoms with van der Waals surface area (Å²) in [6, 6.07) is 14.1. The number of ether oxygens (including phenoxy) is 1. The lowest BCUT2D eigenvalue weighted by atomic mass is 10.2. The molecule has 0 unspecified atom stereocenters. The number of carbonyl (C=O) groups excluding carboxylic acids is 2. The third kappa shape index (κ3) is 6.98. The fourth-order valence-corrected chi connectivity index (χ4v) is 3.97. The molecule has 5 nitrogen and oxygen atoms in total. The van der Waals surface area contributed by atoms with Gasteiger partial charge in [0.2, 0.25) is 11.8 Å². The maximum atomic E-state index is 13.2. The van der Waals surface area contributed by atoms with E-state index in [4.69, 9.17) is 4.74 Å². The Hall–Kier alpha value is -2.18. The molecular formula is C23H30N2O3S. The first-order valence-electron chi connectivity index (χ1n) is 10.4. The zero-order chi connectivity index (χ0) is 20.5. The smallest absolute Gasteiger partial charge is 0.242 e. The van der Waals surface area contributed by atoms with Crippen molar-refractivity contribution in [2.24, 2.45) is 5.92 Å². The van der Waals surface area contributed by atoms with E-state index >= 15 is 0 Å². The van der Waals surface area contributed by atoms with E-state index in [1.807, 2.05) is 59.7 Å². The molecule has 3 rings (SSSR count). The van der Waals surface area contributed by atoms with Crippen molar-refractivity contribution in [2.45, 2.75) is 39.3 Å². The Morgan fingerprint density at radius 1 is 1.07 bits per heavy atom.